The molecule has 0 aliphatic rings. The lowest BCUT2D eigenvalue weighted by molar-refractivity contribution is 0.104. The molecule has 2 heterocycles. The summed E-state index contributed by atoms with van der Waals surface area (Å²) < 4.78 is 28.3. The molecule has 0 atom stereocenters. The van der Waals surface area contributed by atoms with Gasteiger partial charge in [-0.05, 0) is 43.2 Å². The molecule has 0 amide bonds. The molecule has 2 aromatic carbocycles. The van der Waals surface area contributed by atoms with Crippen molar-refractivity contribution in [3.63, 3.8) is 0 Å². The number of anilines is 2. The summed E-state index contributed by atoms with van der Waals surface area (Å²) in [5.41, 5.74) is 8.74. The molecule has 9 heteroatoms. The van der Waals surface area contributed by atoms with E-state index in [1.807, 2.05) is 13.0 Å². The number of aromatic nitrogens is 3. The number of rotatable bonds is 5. The SMILES string of the molecule is Cc1ccc(C)c(S(=O)(=O)Nc2cccc(C(=O)c3c[nH]c4ncnc(N)c34)c2)c1. The van der Waals surface area contributed by atoms with E-state index in [0.717, 1.165) is 5.56 Å². The van der Waals surface area contributed by atoms with Gasteiger partial charge in [0.2, 0.25) is 0 Å². The molecular weight excluding hydrogens is 402 g/mol. The van der Waals surface area contributed by atoms with Crippen molar-refractivity contribution in [3.05, 3.63) is 77.2 Å². The molecule has 4 N–H and O–H groups in total. The highest BCUT2D eigenvalue weighted by Crippen LogP contribution is 2.26. The summed E-state index contributed by atoms with van der Waals surface area (Å²) in [6.45, 7) is 3.56. The van der Waals surface area contributed by atoms with Crippen LogP contribution >= 0.6 is 0 Å². The second-order valence-corrected chi connectivity index (χ2v) is 8.62. The Balaban J connectivity index is 1.69. The van der Waals surface area contributed by atoms with Crippen LogP contribution < -0.4 is 10.5 Å². The van der Waals surface area contributed by atoms with E-state index in [0.29, 0.717) is 27.7 Å². The molecule has 8 nitrogen and oxygen atoms in total. The van der Waals surface area contributed by atoms with Gasteiger partial charge in [0.15, 0.2) is 5.78 Å². The third kappa shape index (κ3) is 3.50. The maximum atomic E-state index is 13.1. The number of aromatic amines is 1. The van der Waals surface area contributed by atoms with Crippen LogP contribution in [-0.4, -0.2) is 29.2 Å². The number of carbonyl (C=O) groups is 1. The minimum atomic E-state index is -3.81. The van der Waals surface area contributed by atoms with E-state index in [4.69, 9.17) is 5.73 Å². The van der Waals surface area contributed by atoms with Crippen LogP contribution in [0.3, 0.4) is 0 Å². The lowest BCUT2D eigenvalue weighted by atomic mass is 10.0. The first-order valence-electron chi connectivity index (χ1n) is 9.08. The zero-order chi connectivity index (χ0) is 21.5. The first-order chi connectivity index (χ1) is 14.3. The number of fused-ring (bicyclic) bond motifs is 1. The van der Waals surface area contributed by atoms with Crippen molar-refractivity contribution in [3.8, 4) is 0 Å². The summed E-state index contributed by atoms with van der Waals surface area (Å²) in [5.74, 6) is -0.132. The number of carbonyl (C=O) groups excluding carboxylic acids is 1. The average Bonchev–Trinajstić information content (AvgIpc) is 3.14. The van der Waals surface area contributed by atoms with Crippen LogP contribution in [-0.2, 0) is 10.0 Å². The summed E-state index contributed by atoms with van der Waals surface area (Å²) in [6.07, 6.45) is 2.83. The van der Waals surface area contributed by atoms with Crippen molar-refractivity contribution in [2.24, 2.45) is 0 Å². The van der Waals surface area contributed by atoms with E-state index in [1.165, 1.54) is 18.6 Å². The third-order valence-electron chi connectivity index (χ3n) is 4.75. The Hall–Kier alpha value is -3.72. The summed E-state index contributed by atoms with van der Waals surface area (Å²) in [5, 5.41) is 0.434. The highest BCUT2D eigenvalue weighted by molar-refractivity contribution is 7.92. The number of aryl methyl sites for hydroxylation is 2. The molecule has 0 saturated carbocycles. The third-order valence-corrected chi connectivity index (χ3v) is 6.28. The zero-order valence-corrected chi connectivity index (χ0v) is 17.1. The van der Waals surface area contributed by atoms with Crippen LogP contribution in [0.25, 0.3) is 11.0 Å². The van der Waals surface area contributed by atoms with Gasteiger partial charge in [-0.1, -0.05) is 24.3 Å². The van der Waals surface area contributed by atoms with Gasteiger partial charge < -0.3 is 10.7 Å². The standard InChI is InChI=1S/C21H19N5O3S/c1-12-6-7-13(2)17(8-12)30(28,29)26-15-5-3-4-14(9-15)19(27)16-10-23-21-18(16)20(22)24-11-25-21/h3-11,26H,1-2H3,(H3,22,23,24,25). The number of hydrogen-bond donors (Lipinski definition) is 3. The minimum absolute atomic E-state index is 0.191. The predicted molar refractivity (Wildman–Crippen MR) is 115 cm³/mol. The Kier molecular flexibility index (Phi) is 4.75. The Morgan fingerprint density at radius 2 is 1.90 bits per heavy atom. The van der Waals surface area contributed by atoms with E-state index in [1.54, 1.807) is 37.3 Å². The van der Waals surface area contributed by atoms with Gasteiger partial charge in [-0.15, -0.1) is 0 Å². The summed E-state index contributed by atoms with van der Waals surface area (Å²) in [7, 11) is -3.81. The fourth-order valence-corrected chi connectivity index (χ4v) is 4.63. The summed E-state index contributed by atoms with van der Waals surface area (Å²) >= 11 is 0. The van der Waals surface area contributed by atoms with Gasteiger partial charge in [0, 0.05) is 17.4 Å². The van der Waals surface area contributed by atoms with Crippen molar-refractivity contribution in [1.82, 2.24) is 15.0 Å². The number of nitrogens with one attached hydrogen (secondary N) is 2. The van der Waals surface area contributed by atoms with E-state index in [9.17, 15) is 13.2 Å². The highest BCUT2D eigenvalue weighted by Gasteiger charge is 2.20. The predicted octanol–water partition coefficient (Wildman–Crippen LogP) is 3.19. The Labute approximate surface area is 173 Å². The lowest BCUT2D eigenvalue weighted by Gasteiger charge is -2.12. The van der Waals surface area contributed by atoms with E-state index >= 15 is 0 Å². The molecule has 0 radical (unpaired) electrons. The molecule has 152 valence electrons. The monoisotopic (exact) mass is 421 g/mol. The van der Waals surface area contributed by atoms with Crippen molar-refractivity contribution < 1.29 is 13.2 Å². The second kappa shape index (κ2) is 7.27. The van der Waals surface area contributed by atoms with E-state index in [-0.39, 0.29) is 22.2 Å². The number of nitrogens with zero attached hydrogens (tertiary/aromatic N) is 2. The largest absolute Gasteiger partial charge is 0.383 e. The highest BCUT2D eigenvalue weighted by atomic mass is 32.2. The van der Waals surface area contributed by atoms with Gasteiger partial charge >= 0.3 is 0 Å². The van der Waals surface area contributed by atoms with Crippen LogP contribution in [0.15, 0.2) is 59.9 Å². The molecule has 0 spiro atoms. The van der Waals surface area contributed by atoms with Gasteiger partial charge in [0.25, 0.3) is 10.0 Å². The van der Waals surface area contributed by atoms with Crippen LogP contribution in [0.2, 0.25) is 0 Å². The van der Waals surface area contributed by atoms with Gasteiger partial charge in [-0.25, -0.2) is 18.4 Å². The number of sulfonamides is 1. The Bertz CT molecular complexity index is 1390. The van der Waals surface area contributed by atoms with Crippen molar-refractivity contribution in [2.75, 3.05) is 10.5 Å². The average molecular weight is 421 g/mol. The molecule has 0 fully saturated rings. The topological polar surface area (TPSA) is 131 Å². The molecule has 2 aromatic heterocycles. The van der Waals surface area contributed by atoms with Crippen LogP contribution in [0.1, 0.15) is 27.0 Å². The van der Waals surface area contributed by atoms with E-state index < -0.39 is 10.0 Å². The molecule has 0 aliphatic carbocycles. The summed E-state index contributed by atoms with van der Waals surface area (Å²) in [6, 6.07) is 11.5. The normalized spacial score (nSPS) is 11.5. The molecule has 0 bridgehead atoms. The lowest BCUT2D eigenvalue weighted by Crippen LogP contribution is -2.15. The van der Waals surface area contributed by atoms with Crippen molar-refractivity contribution in [2.45, 2.75) is 18.7 Å². The van der Waals surface area contributed by atoms with Crippen molar-refractivity contribution >= 4 is 38.3 Å². The fourth-order valence-electron chi connectivity index (χ4n) is 3.25. The summed E-state index contributed by atoms with van der Waals surface area (Å²) in [4.78, 5) is 24.1. The molecule has 30 heavy (non-hydrogen) atoms. The quantitative estimate of drug-likeness (QED) is 0.424. The van der Waals surface area contributed by atoms with E-state index in [2.05, 4.69) is 19.7 Å². The molecule has 0 saturated heterocycles. The zero-order valence-electron chi connectivity index (χ0n) is 16.3. The fraction of sp³-hybridized carbons (Fsp3) is 0.0952. The number of hydrogen-bond acceptors (Lipinski definition) is 6. The maximum absolute atomic E-state index is 13.1. The van der Waals surface area contributed by atoms with Crippen LogP contribution in [0.4, 0.5) is 11.5 Å². The number of ketones is 1. The van der Waals surface area contributed by atoms with Crippen LogP contribution in [0.5, 0.6) is 0 Å². The first kappa shape index (κ1) is 19.6. The van der Waals surface area contributed by atoms with Gasteiger partial charge in [-0.3, -0.25) is 9.52 Å². The Morgan fingerprint density at radius 1 is 1.10 bits per heavy atom. The number of H-pyrrole nitrogens is 1. The van der Waals surface area contributed by atoms with Crippen LogP contribution in [0, 0.1) is 13.8 Å². The Morgan fingerprint density at radius 3 is 2.70 bits per heavy atom. The van der Waals surface area contributed by atoms with Gasteiger partial charge in [-0.2, -0.15) is 0 Å². The minimum Gasteiger partial charge on any atom is -0.383 e. The molecule has 0 unspecified atom stereocenters. The maximum Gasteiger partial charge on any atom is 0.262 e. The second-order valence-electron chi connectivity index (χ2n) is 6.97. The number of benzene rings is 2. The van der Waals surface area contributed by atoms with Crippen molar-refractivity contribution in [1.29, 1.82) is 0 Å². The van der Waals surface area contributed by atoms with Gasteiger partial charge in [0.1, 0.15) is 17.8 Å². The molecular formula is C21H19N5O3S. The molecule has 0 aliphatic heterocycles. The molecule has 4 aromatic rings. The first-order valence-corrected chi connectivity index (χ1v) is 10.6. The molecule has 4 rings (SSSR count). The smallest absolute Gasteiger partial charge is 0.262 e. The van der Waals surface area contributed by atoms with Gasteiger partial charge in [0.05, 0.1) is 15.8 Å². The number of nitrogens with two attached hydrogens (primary N) is 1. The number of nitrogen functional groups attached to an aromatic ring is 1.